The van der Waals surface area contributed by atoms with Gasteiger partial charge in [-0.25, -0.2) is 0 Å². The van der Waals surface area contributed by atoms with Crippen LogP contribution in [0.5, 0.6) is 17.2 Å². The predicted molar refractivity (Wildman–Crippen MR) is 135 cm³/mol. The third-order valence-corrected chi connectivity index (χ3v) is 7.16. The van der Waals surface area contributed by atoms with Crippen molar-refractivity contribution < 1.29 is 19.0 Å². The minimum atomic E-state index is 0.0620. The second-order valence-electron chi connectivity index (χ2n) is 9.74. The molecule has 0 unspecified atom stereocenters. The Bertz CT molecular complexity index is 975. The molecule has 7 heteroatoms. The summed E-state index contributed by atoms with van der Waals surface area (Å²) in [6.45, 7) is 8.87. The van der Waals surface area contributed by atoms with E-state index < -0.39 is 0 Å². The molecule has 0 radical (unpaired) electrons. The zero-order valence-electron chi connectivity index (χ0n) is 20.6. The quantitative estimate of drug-likeness (QED) is 0.533. The van der Waals surface area contributed by atoms with Gasteiger partial charge in [-0.15, -0.1) is 0 Å². The number of piperidine rings is 1. The minimum Gasteiger partial charge on any atom is -0.494 e. The van der Waals surface area contributed by atoms with Gasteiger partial charge in [-0.05, 0) is 74.7 Å². The van der Waals surface area contributed by atoms with Gasteiger partial charge in [0.1, 0.15) is 5.75 Å². The molecule has 0 spiro atoms. The zero-order chi connectivity index (χ0) is 23.9. The van der Waals surface area contributed by atoms with Gasteiger partial charge in [0.15, 0.2) is 11.5 Å². The van der Waals surface area contributed by atoms with Crippen LogP contribution in [0.4, 0.5) is 0 Å². The van der Waals surface area contributed by atoms with Crippen molar-refractivity contribution in [3.8, 4) is 17.2 Å². The maximum Gasteiger partial charge on any atom is 0.254 e. The molecular weight excluding hydrogens is 442 g/mol. The topological polar surface area (TPSA) is 54.5 Å². The summed E-state index contributed by atoms with van der Waals surface area (Å²) in [6.07, 6.45) is 6.11. The Morgan fingerprint density at radius 2 is 1.60 bits per heavy atom. The Kier molecular flexibility index (Phi) is 8.06. The van der Waals surface area contributed by atoms with Crippen LogP contribution in [-0.4, -0.2) is 79.8 Å². The number of nitrogens with zero attached hydrogens (tertiary/aromatic N) is 3. The lowest BCUT2D eigenvalue weighted by molar-refractivity contribution is 0.0760. The number of amides is 1. The third-order valence-electron chi connectivity index (χ3n) is 7.16. The molecule has 35 heavy (non-hydrogen) atoms. The molecule has 0 aliphatic carbocycles. The first-order valence-electron chi connectivity index (χ1n) is 13.1. The second kappa shape index (κ2) is 11.8. The predicted octanol–water partition coefficient (Wildman–Crippen LogP) is 4.02. The smallest absolute Gasteiger partial charge is 0.254 e. The second-order valence-corrected chi connectivity index (χ2v) is 9.74. The summed E-state index contributed by atoms with van der Waals surface area (Å²) in [5.41, 5.74) is 1.94. The minimum absolute atomic E-state index is 0.0620. The maximum absolute atomic E-state index is 13.0. The number of carbonyl (C=O) groups excluding carboxylic acids is 1. The van der Waals surface area contributed by atoms with E-state index in [2.05, 4.69) is 34.1 Å². The normalized spacial score (nSPS) is 18.9. The van der Waals surface area contributed by atoms with Gasteiger partial charge in [0.05, 0.1) is 6.61 Å². The largest absolute Gasteiger partial charge is 0.494 e. The molecule has 3 aliphatic heterocycles. The zero-order valence-corrected chi connectivity index (χ0v) is 20.6. The number of benzene rings is 2. The van der Waals surface area contributed by atoms with Crippen molar-refractivity contribution >= 4 is 5.91 Å². The van der Waals surface area contributed by atoms with Crippen molar-refractivity contribution in [2.75, 3.05) is 59.2 Å². The van der Waals surface area contributed by atoms with Gasteiger partial charge in [0.2, 0.25) is 6.79 Å². The van der Waals surface area contributed by atoms with Crippen LogP contribution in [0.3, 0.4) is 0 Å². The first-order chi connectivity index (χ1) is 17.2. The summed E-state index contributed by atoms with van der Waals surface area (Å²) in [7, 11) is 0. The fourth-order valence-corrected chi connectivity index (χ4v) is 5.15. The number of hydrogen-bond donors (Lipinski definition) is 0. The van der Waals surface area contributed by atoms with Gasteiger partial charge < -0.3 is 24.0 Å². The van der Waals surface area contributed by atoms with Gasteiger partial charge in [0.25, 0.3) is 5.91 Å². The van der Waals surface area contributed by atoms with E-state index in [-0.39, 0.29) is 12.7 Å². The van der Waals surface area contributed by atoms with Crippen molar-refractivity contribution in [3.63, 3.8) is 0 Å². The van der Waals surface area contributed by atoms with Crippen LogP contribution in [0.1, 0.15) is 48.0 Å². The average Bonchev–Trinajstić information content (AvgIpc) is 3.25. The van der Waals surface area contributed by atoms with Crippen molar-refractivity contribution in [1.29, 1.82) is 0 Å². The van der Waals surface area contributed by atoms with Crippen LogP contribution in [0.15, 0.2) is 42.5 Å². The summed E-state index contributed by atoms with van der Waals surface area (Å²) in [5, 5.41) is 0. The SMILES string of the molecule is O=C(c1ccc2c(c1)OCO2)N1CCCN(Cc2ccc(OCCCN3CCCCC3)cc2)CC1. The standard InChI is InChI=1S/C28H37N3O4/c32-28(24-8-11-26-27(20-24)35-22-34-26)31-16-4-14-30(17-18-31)21-23-6-9-25(10-7-23)33-19-5-15-29-12-2-1-3-13-29/h6-11,20H,1-5,12-19,21-22H2. The van der Waals surface area contributed by atoms with Crippen LogP contribution in [-0.2, 0) is 6.54 Å². The highest BCUT2D eigenvalue weighted by molar-refractivity contribution is 5.95. The molecule has 0 N–H and O–H groups in total. The molecule has 7 nitrogen and oxygen atoms in total. The number of carbonyl (C=O) groups is 1. The molecule has 5 rings (SSSR count). The Morgan fingerprint density at radius 1 is 0.800 bits per heavy atom. The number of likely N-dealkylation sites (tertiary alicyclic amines) is 1. The van der Waals surface area contributed by atoms with E-state index in [0.717, 1.165) is 64.5 Å². The molecule has 0 atom stereocenters. The Morgan fingerprint density at radius 3 is 2.46 bits per heavy atom. The molecule has 2 fully saturated rings. The molecule has 2 aromatic rings. The van der Waals surface area contributed by atoms with E-state index in [0.29, 0.717) is 17.1 Å². The summed E-state index contributed by atoms with van der Waals surface area (Å²) in [6, 6.07) is 14.0. The van der Waals surface area contributed by atoms with Crippen molar-refractivity contribution in [2.24, 2.45) is 0 Å². The number of hydrogen-bond acceptors (Lipinski definition) is 6. The molecule has 2 aromatic carbocycles. The van der Waals surface area contributed by atoms with E-state index in [1.807, 2.05) is 17.0 Å². The molecule has 188 valence electrons. The highest BCUT2D eigenvalue weighted by Gasteiger charge is 2.23. The van der Waals surface area contributed by atoms with Crippen molar-refractivity contribution in [2.45, 2.75) is 38.6 Å². The summed E-state index contributed by atoms with van der Waals surface area (Å²) in [4.78, 5) is 20.0. The summed E-state index contributed by atoms with van der Waals surface area (Å²) < 4.78 is 16.8. The number of fused-ring (bicyclic) bond motifs is 1. The fraction of sp³-hybridized carbons (Fsp3) is 0.536. The highest BCUT2D eigenvalue weighted by Crippen LogP contribution is 2.33. The maximum atomic E-state index is 13.0. The van der Waals surface area contributed by atoms with Gasteiger partial charge in [-0.1, -0.05) is 18.6 Å². The summed E-state index contributed by atoms with van der Waals surface area (Å²) in [5.74, 6) is 2.37. The van der Waals surface area contributed by atoms with Crippen molar-refractivity contribution in [1.82, 2.24) is 14.7 Å². The monoisotopic (exact) mass is 479 g/mol. The van der Waals surface area contributed by atoms with E-state index in [1.165, 1.54) is 37.9 Å². The molecule has 0 bridgehead atoms. The molecule has 2 saturated heterocycles. The van der Waals surface area contributed by atoms with E-state index in [1.54, 1.807) is 6.07 Å². The van der Waals surface area contributed by atoms with Crippen molar-refractivity contribution in [3.05, 3.63) is 53.6 Å². The van der Waals surface area contributed by atoms with Gasteiger partial charge >= 0.3 is 0 Å². The fourth-order valence-electron chi connectivity index (χ4n) is 5.15. The van der Waals surface area contributed by atoms with Crippen LogP contribution >= 0.6 is 0 Å². The Labute approximate surface area is 208 Å². The number of rotatable bonds is 8. The highest BCUT2D eigenvalue weighted by atomic mass is 16.7. The van der Waals surface area contributed by atoms with Crippen LogP contribution in [0.25, 0.3) is 0 Å². The lowest BCUT2D eigenvalue weighted by Gasteiger charge is -2.26. The van der Waals surface area contributed by atoms with Crippen LogP contribution in [0.2, 0.25) is 0 Å². The number of ether oxygens (including phenoxy) is 3. The molecule has 3 aliphatic rings. The molecular formula is C28H37N3O4. The first-order valence-corrected chi connectivity index (χ1v) is 13.1. The van der Waals surface area contributed by atoms with E-state index >= 15 is 0 Å². The van der Waals surface area contributed by atoms with Gasteiger partial charge in [0, 0.05) is 44.8 Å². The summed E-state index contributed by atoms with van der Waals surface area (Å²) >= 11 is 0. The van der Waals surface area contributed by atoms with Crippen LogP contribution in [0, 0.1) is 0 Å². The Balaban J connectivity index is 1.05. The molecule has 0 aromatic heterocycles. The molecule has 0 saturated carbocycles. The van der Waals surface area contributed by atoms with E-state index in [4.69, 9.17) is 14.2 Å². The Hall–Kier alpha value is -2.77. The van der Waals surface area contributed by atoms with Crippen LogP contribution < -0.4 is 14.2 Å². The van der Waals surface area contributed by atoms with Gasteiger partial charge in [-0.2, -0.15) is 0 Å². The lowest BCUT2D eigenvalue weighted by atomic mass is 10.1. The average molecular weight is 480 g/mol. The molecule has 1 amide bonds. The lowest BCUT2D eigenvalue weighted by Crippen LogP contribution is -2.35. The third kappa shape index (κ3) is 6.47. The molecule has 3 heterocycles. The van der Waals surface area contributed by atoms with Gasteiger partial charge in [-0.3, -0.25) is 9.69 Å². The first kappa shape index (κ1) is 23.9. The van der Waals surface area contributed by atoms with E-state index in [9.17, 15) is 4.79 Å².